The molecule has 142 valence electrons. The Morgan fingerprint density at radius 2 is 2.00 bits per heavy atom. The molecule has 0 saturated carbocycles. The van der Waals surface area contributed by atoms with Gasteiger partial charge in [-0.15, -0.1) is 11.3 Å². The molecular formula is C18H19FN4O3S. The van der Waals surface area contributed by atoms with Crippen LogP contribution in [-0.2, 0) is 21.5 Å². The monoisotopic (exact) mass is 390 g/mol. The largest absolute Gasteiger partial charge is 0.325 e. The van der Waals surface area contributed by atoms with Gasteiger partial charge in [0.2, 0.25) is 5.91 Å². The van der Waals surface area contributed by atoms with Gasteiger partial charge >= 0.3 is 6.03 Å². The molecule has 0 aliphatic carbocycles. The van der Waals surface area contributed by atoms with Crippen molar-refractivity contribution in [2.24, 2.45) is 0 Å². The number of anilines is 1. The van der Waals surface area contributed by atoms with E-state index in [0.29, 0.717) is 10.7 Å². The van der Waals surface area contributed by atoms with Crippen molar-refractivity contribution < 1.29 is 18.8 Å². The Balaban J connectivity index is 1.73. The molecule has 0 spiro atoms. The Bertz CT molecular complexity index is 912. The molecule has 0 bridgehead atoms. The van der Waals surface area contributed by atoms with Crippen LogP contribution < -0.4 is 10.6 Å². The first-order valence-corrected chi connectivity index (χ1v) is 9.22. The van der Waals surface area contributed by atoms with Crippen molar-refractivity contribution in [1.29, 1.82) is 0 Å². The molecule has 1 fully saturated rings. The summed E-state index contributed by atoms with van der Waals surface area (Å²) >= 11 is 1.34. The molecule has 9 heteroatoms. The minimum Gasteiger partial charge on any atom is -0.319 e. The van der Waals surface area contributed by atoms with Crippen LogP contribution in [0.1, 0.15) is 30.0 Å². The highest BCUT2D eigenvalue weighted by Gasteiger charge is 2.49. The zero-order chi connectivity index (χ0) is 19.8. The summed E-state index contributed by atoms with van der Waals surface area (Å²) in [6, 6.07) is 4.62. The average molecular weight is 390 g/mol. The SMILES string of the molecule is CCc1nc(NC(=O)CN2C(=O)N[C@@](C)(c3ccc(F)cc3)C2=O)sc1C. The molecule has 1 atom stereocenters. The number of halogens is 1. The summed E-state index contributed by atoms with van der Waals surface area (Å²) in [4.78, 5) is 43.5. The van der Waals surface area contributed by atoms with Crippen molar-refractivity contribution in [3.8, 4) is 0 Å². The molecule has 1 saturated heterocycles. The highest BCUT2D eigenvalue weighted by atomic mass is 32.1. The molecule has 7 nitrogen and oxygen atoms in total. The summed E-state index contributed by atoms with van der Waals surface area (Å²) in [7, 11) is 0. The van der Waals surface area contributed by atoms with Crippen molar-refractivity contribution in [2.75, 3.05) is 11.9 Å². The van der Waals surface area contributed by atoms with E-state index < -0.39 is 35.7 Å². The molecule has 4 amide bonds. The number of rotatable bonds is 5. The van der Waals surface area contributed by atoms with Gasteiger partial charge in [-0.1, -0.05) is 19.1 Å². The minimum atomic E-state index is -1.35. The molecule has 1 aromatic heterocycles. The average Bonchev–Trinajstić information content (AvgIpc) is 3.07. The first-order valence-electron chi connectivity index (χ1n) is 8.41. The van der Waals surface area contributed by atoms with E-state index in [1.54, 1.807) is 0 Å². The number of amides is 4. The topological polar surface area (TPSA) is 91.4 Å². The smallest absolute Gasteiger partial charge is 0.319 e. The van der Waals surface area contributed by atoms with Crippen LogP contribution in [-0.4, -0.2) is 34.3 Å². The molecule has 2 heterocycles. The van der Waals surface area contributed by atoms with Gasteiger partial charge in [0.1, 0.15) is 17.9 Å². The van der Waals surface area contributed by atoms with Crippen molar-refractivity contribution in [3.05, 3.63) is 46.2 Å². The van der Waals surface area contributed by atoms with Gasteiger partial charge in [0, 0.05) is 4.88 Å². The first kappa shape index (κ1) is 19.0. The van der Waals surface area contributed by atoms with E-state index in [0.717, 1.165) is 21.9 Å². The maximum atomic E-state index is 13.1. The summed E-state index contributed by atoms with van der Waals surface area (Å²) in [5, 5.41) is 5.64. The number of nitrogens with one attached hydrogen (secondary N) is 2. The predicted octanol–water partition coefficient (Wildman–Crippen LogP) is 2.56. The quantitative estimate of drug-likeness (QED) is 0.768. The molecule has 1 aliphatic heterocycles. The Morgan fingerprint density at radius 3 is 2.59 bits per heavy atom. The zero-order valence-corrected chi connectivity index (χ0v) is 15.9. The van der Waals surface area contributed by atoms with Crippen LogP contribution in [0.4, 0.5) is 14.3 Å². The van der Waals surface area contributed by atoms with Crippen LogP contribution >= 0.6 is 11.3 Å². The molecule has 2 aromatic rings. The van der Waals surface area contributed by atoms with E-state index in [-0.39, 0.29) is 0 Å². The molecule has 1 aromatic carbocycles. The van der Waals surface area contributed by atoms with Crippen LogP contribution in [0.3, 0.4) is 0 Å². The van der Waals surface area contributed by atoms with Gasteiger partial charge in [-0.05, 0) is 38.0 Å². The minimum absolute atomic E-state index is 0.429. The second kappa shape index (κ2) is 7.07. The van der Waals surface area contributed by atoms with Crippen molar-refractivity contribution >= 4 is 34.3 Å². The molecule has 2 N–H and O–H groups in total. The number of carbonyl (C=O) groups excluding carboxylic acids is 3. The van der Waals surface area contributed by atoms with E-state index in [9.17, 15) is 18.8 Å². The van der Waals surface area contributed by atoms with Gasteiger partial charge in [0.15, 0.2) is 5.13 Å². The first-order chi connectivity index (χ1) is 12.7. The van der Waals surface area contributed by atoms with E-state index >= 15 is 0 Å². The number of urea groups is 1. The highest BCUT2D eigenvalue weighted by Crippen LogP contribution is 2.29. The molecule has 0 radical (unpaired) electrons. The van der Waals surface area contributed by atoms with E-state index in [1.807, 2.05) is 13.8 Å². The summed E-state index contributed by atoms with van der Waals surface area (Å²) in [6.07, 6.45) is 0.751. The fraction of sp³-hybridized carbons (Fsp3) is 0.333. The number of benzene rings is 1. The number of imide groups is 1. The molecule has 27 heavy (non-hydrogen) atoms. The van der Waals surface area contributed by atoms with Gasteiger partial charge in [0.25, 0.3) is 5.91 Å². The Morgan fingerprint density at radius 1 is 1.33 bits per heavy atom. The Labute approximate surface area is 159 Å². The zero-order valence-electron chi connectivity index (χ0n) is 15.1. The number of hydrogen-bond acceptors (Lipinski definition) is 5. The lowest BCUT2D eigenvalue weighted by Gasteiger charge is -2.22. The third kappa shape index (κ3) is 3.55. The van der Waals surface area contributed by atoms with E-state index in [4.69, 9.17) is 0 Å². The van der Waals surface area contributed by atoms with Crippen LogP contribution in [0.25, 0.3) is 0 Å². The van der Waals surface area contributed by atoms with Crippen LogP contribution in [0.2, 0.25) is 0 Å². The maximum absolute atomic E-state index is 13.1. The molecular weight excluding hydrogens is 371 g/mol. The number of aromatic nitrogens is 1. The standard InChI is InChI=1S/C18H19FN4O3S/c1-4-13-10(2)27-16(20-13)21-14(24)9-23-15(25)18(3,22-17(23)26)11-5-7-12(19)8-6-11/h5-8H,4,9H2,1-3H3,(H,22,26)(H,20,21,24)/t18-/m0/s1. The summed E-state index contributed by atoms with van der Waals surface area (Å²) in [6.45, 7) is 4.98. The summed E-state index contributed by atoms with van der Waals surface area (Å²) in [5.41, 5.74) is -0.0134. The Kier molecular flexibility index (Phi) is 4.97. The number of aryl methyl sites for hydroxylation is 2. The third-order valence-corrected chi connectivity index (χ3v) is 5.40. The van der Waals surface area contributed by atoms with Crippen LogP contribution in [0.5, 0.6) is 0 Å². The molecule has 3 rings (SSSR count). The third-order valence-electron chi connectivity index (χ3n) is 4.47. The summed E-state index contributed by atoms with van der Waals surface area (Å²) in [5.74, 6) is -1.53. The fourth-order valence-corrected chi connectivity index (χ4v) is 3.85. The van der Waals surface area contributed by atoms with Gasteiger partial charge in [-0.25, -0.2) is 14.2 Å². The van der Waals surface area contributed by atoms with Gasteiger partial charge in [0.05, 0.1) is 5.69 Å². The van der Waals surface area contributed by atoms with E-state index in [1.165, 1.54) is 42.5 Å². The number of nitrogens with zero attached hydrogens (tertiary/aromatic N) is 2. The van der Waals surface area contributed by atoms with Crippen molar-refractivity contribution in [1.82, 2.24) is 15.2 Å². The number of thiazole rings is 1. The number of carbonyl (C=O) groups is 3. The van der Waals surface area contributed by atoms with Gasteiger partial charge < -0.3 is 10.6 Å². The van der Waals surface area contributed by atoms with Crippen LogP contribution in [0.15, 0.2) is 24.3 Å². The lowest BCUT2D eigenvalue weighted by Crippen LogP contribution is -2.42. The lowest BCUT2D eigenvalue weighted by atomic mass is 9.92. The second-order valence-electron chi connectivity index (χ2n) is 6.38. The van der Waals surface area contributed by atoms with Gasteiger partial charge in [-0.2, -0.15) is 0 Å². The van der Waals surface area contributed by atoms with Crippen molar-refractivity contribution in [2.45, 2.75) is 32.7 Å². The van der Waals surface area contributed by atoms with Crippen LogP contribution in [0, 0.1) is 12.7 Å². The maximum Gasteiger partial charge on any atom is 0.325 e. The highest BCUT2D eigenvalue weighted by molar-refractivity contribution is 7.15. The normalized spacial score (nSPS) is 19.3. The lowest BCUT2D eigenvalue weighted by molar-refractivity contribution is -0.133. The summed E-state index contributed by atoms with van der Waals surface area (Å²) < 4.78 is 13.1. The Hall–Kier alpha value is -2.81. The fourth-order valence-electron chi connectivity index (χ4n) is 2.93. The predicted molar refractivity (Wildman–Crippen MR) is 98.9 cm³/mol. The second-order valence-corrected chi connectivity index (χ2v) is 7.58. The number of hydrogen-bond donors (Lipinski definition) is 2. The molecule has 0 unspecified atom stereocenters. The molecule has 1 aliphatic rings. The van der Waals surface area contributed by atoms with Gasteiger partial charge in [-0.3, -0.25) is 14.5 Å². The van der Waals surface area contributed by atoms with Crippen molar-refractivity contribution in [3.63, 3.8) is 0 Å². The van der Waals surface area contributed by atoms with E-state index in [2.05, 4.69) is 15.6 Å².